The predicted octanol–water partition coefficient (Wildman–Crippen LogP) is 2.12. The standard InChI is InChI=1S/C14H16FNO3/c1-8-2-4-10(15)7-12(8)13(17)16-11-5-3-9(6-11)14(18)19/h2,4,7,9,11H,3,5-6H2,1H3,(H,16,17)(H,18,19). The molecule has 1 aliphatic rings. The molecule has 2 rings (SSSR count). The third-order valence-corrected chi connectivity index (χ3v) is 3.56. The van der Waals surface area contributed by atoms with Gasteiger partial charge in [0.25, 0.3) is 5.91 Å². The number of aryl methyl sites for hydroxylation is 1. The van der Waals surface area contributed by atoms with Crippen LogP contribution in [-0.4, -0.2) is 23.0 Å². The van der Waals surface area contributed by atoms with Gasteiger partial charge in [-0.15, -0.1) is 0 Å². The van der Waals surface area contributed by atoms with Crippen LogP contribution in [0.4, 0.5) is 4.39 Å². The van der Waals surface area contributed by atoms with E-state index >= 15 is 0 Å². The molecule has 1 aromatic rings. The van der Waals surface area contributed by atoms with Crippen molar-refractivity contribution in [2.45, 2.75) is 32.2 Å². The Balaban J connectivity index is 2.02. The largest absolute Gasteiger partial charge is 0.481 e. The number of carboxylic acids is 1. The van der Waals surface area contributed by atoms with Crippen LogP contribution in [0.1, 0.15) is 35.2 Å². The fourth-order valence-corrected chi connectivity index (χ4v) is 2.44. The Bertz CT molecular complexity index is 515. The van der Waals surface area contributed by atoms with Crippen LogP contribution in [0.3, 0.4) is 0 Å². The maximum Gasteiger partial charge on any atom is 0.306 e. The topological polar surface area (TPSA) is 66.4 Å². The fourth-order valence-electron chi connectivity index (χ4n) is 2.44. The number of hydrogen-bond donors (Lipinski definition) is 2. The van der Waals surface area contributed by atoms with Crippen molar-refractivity contribution < 1.29 is 19.1 Å². The van der Waals surface area contributed by atoms with Gasteiger partial charge in [-0.1, -0.05) is 6.07 Å². The van der Waals surface area contributed by atoms with E-state index in [-0.39, 0.29) is 17.9 Å². The third kappa shape index (κ3) is 3.10. The SMILES string of the molecule is Cc1ccc(F)cc1C(=O)NC1CCC(C(=O)O)C1. The number of amides is 1. The van der Waals surface area contributed by atoms with Gasteiger partial charge in [-0.25, -0.2) is 4.39 Å². The van der Waals surface area contributed by atoms with Crippen LogP contribution in [0.5, 0.6) is 0 Å². The number of halogens is 1. The van der Waals surface area contributed by atoms with Crippen LogP contribution in [0.25, 0.3) is 0 Å². The minimum atomic E-state index is -0.821. The van der Waals surface area contributed by atoms with Crippen LogP contribution in [0, 0.1) is 18.7 Å². The molecule has 0 heterocycles. The average molecular weight is 265 g/mol. The van der Waals surface area contributed by atoms with E-state index in [4.69, 9.17) is 5.11 Å². The van der Waals surface area contributed by atoms with E-state index < -0.39 is 11.8 Å². The lowest BCUT2D eigenvalue weighted by Gasteiger charge is -2.13. The smallest absolute Gasteiger partial charge is 0.306 e. The second-order valence-corrected chi connectivity index (χ2v) is 4.98. The first-order valence-corrected chi connectivity index (χ1v) is 6.27. The number of carboxylic acid groups (broad SMARTS) is 1. The minimum Gasteiger partial charge on any atom is -0.481 e. The molecule has 5 heteroatoms. The van der Waals surface area contributed by atoms with Gasteiger partial charge >= 0.3 is 5.97 Å². The molecule has 0 aliphatic heterocycles. The number of nitrogens with one attached hydrogen (secondary N) is 1. The Morgan fingerprint density at radius 3 is 2.74 bits per heavy atom. The Morgan fingerprint density at radius 1 is 1.37 bits per heavy atom. The van der Waals surface area contributed by atoms with Gasteiger partial charge < -0.3 is 10.4 Å². The highest BCUT2D eigenvalue weighted by molar-refractivity contribution is 5.95. The molecular weight excluding hydrogens is 249 g/mol. The summed E-state index contributed by atoms with van der Waals surface area (Å²) < 4.78 is 13.1. The van der Waals surface area contributed by atoms with E-state index in [9.17, 15) is 14.0 Å². The molecule has 2 atom stereocenters. The molecule has 0 radical (unpaired) electrons. The van der Waals surface area contributed by atoms with Crippen molar-refractivity contribution in [3.8, 4) is 0 Å². The maximum absolute atomic E-state index is 13.1. The van der Waals surface area contributed by atoms with Crippen molar-refractivity contribution in [3.63, 3.8) is 0 Å². The highest BCUT2D eigenvalue weighted by Crippen LogP contribution is 2.26. The molecule has 2 N–H and O–H groups in total. The van der Waals surface area contributed by atoms with Crippen molar-refractivity contribution in [1.82, 2.24) is 5.32 Å². The van der Waals surface area contributed by atoms with Crippen LogP contribution < -0.4 is 5.32 Å². The normalized spacial score (nSPS) is 22.2. The number of rotatable bonds is 3. The van der Waals surface area contributed by atoms with Crippen LogP contribution in [-0.2, 0) is 4.79 Å². The molecule has 4 nitrogen and oxygen atoms in total. The van der Waals surface area contributed by atoms with Gasteiger partial charge in [0, 0.05) is 11.6 Å². The molecule has 1 fully saturated rings. The third-order valence-electron chi connectivity index (χ3n) is 3.56. The lowest BCUT2D eigenvalue weighted by atomic mass is 10.1. The number of aliphatic carboxylic acids is 1. The van der Waals surface area contributed by atoms with Crippen LogP contribution >= 0.6 is 0 Å². The highest BCUT2D eigenvalue weighted by Gasteiger charge is 2.30. The average Bonchev–Trinajstić information content (AvgIpc) is 2.80. The summed E-state index contributed by atoms with van der Waals surface area (Å²) >= 11 is 0. The summed E-state index contributed by atoms with van der Waals surface area (Å²) in [5, 5.41) is 11.7. The van der Waals surface area contributed by atoms with Gasteiger partial charge in [-0.05, 0) is 43.9 Å². The highest BCUT2D eigenvalue weighted by atomic mass is 19.1. The lowest BCUT2D eigenvalue weighted by molar-refractivity contribution is -0.141. The molecule has 0 aromatic heterocycles. The Kier molecular flexibility index (Phi) is 3.83. The number of hydrogen-bond acceptors (Lipinski definition) is 2. The number of carbonyl (C=O) groups is 2. The Labute approximate surface area is 110 Å². The van der Waals surface area contributed by atoms with Crippen molar-refractivity contribution in [2.75, 3.05) is 0 Å². The first-order valence-electron chi connectivity index (χ1n) is 6.27. The minimum absolute atomic E-state index is 0.142. The number of benzene rings is 1. The van der Waals surface area contributed by atoms with Crippen molar-refractivity contribution in [3.05, 3.63) is 35.1 Å². The van der Waals surface area contributed by atoms with Crippen molar-refractivity contribution >= 4 is 11.9 Å². The summed E-state index contributed by atoms with van der Waals surface area (Å²) in [6, 6.07) is 3.92. The summed E-state index contributed by atoms with van der Waals surface area (Å²) in [7, 11) is 0. The monoisotopic (exact) mass is 265 g/mol. The molecule has 19 heavy (non-hydrogen) atoms. The van der Waals surface area contributed by atoms with E-state index in [0.717, 1.165) is 0 Å². The molecule has 1 saturated carbocycles. The van der Waals surface area contributed by atoms with Gasteiger partial charge in [0.15, 0.2) is 0 Å². The summed E-state index contributed by atoms with van der Waals surface area (Å²) in [5.74, 6) is -2.00. The second-order valence-electron chi connectivity index (χ2n) is 4.98. The van der Waals surface area contributed by atoms with Gasteiger partial charge in [0.2, 0.25) is 0 Å². The van der Waals surface area contributed by atoms with E-state index in [1.807, 2.05) is 0 Å². The van der Waals surface area contributed by atoms with Gasteiger partial charge in [0.05, 0.1) is 5.92 Å². The Hall–Kier alpha value is -1.91. The summed E-state index contributed by atoms with van der Waals surface area (Å²) in [6.07, 6.45) is 1.66. The lowest BCUT2D eigenvalue weighted by Crippen LogP contribution is -2.33. The van der Waals surface area contributed by atoms with Gasteiger partial charge in [-0.2, -0.15) is 0 Å². The molecule has 1 amide bonds. The fraction of sp³-hybridized carbons (Fsp3) is 0.429. The van der Waals surface area contributed by atoms with Crippen LogP contribution in [0.15, 0.2) is 18.2 Å². The second kappa shape index (κ2) is 5.38. The van der Waals surface area contributed by atoms with Gasteiger partial charge in [-0.3, -0.25) is 9.59 Å². The predicted molar refractivity (Wildman–Crippen MR) is 67.4 cm³/mol. The summed E-state index contributed by atoms with van der Waals surface area (Å²) in [5.41, 5.74) is 1.01. The molecule has 2 unspecified atom stereocenters. The van der Waals surface area contributed by atoms with E-state index in [1.165, 1.54) is 12.1 Å². The molecule has 0 bridgehead atoms. The zero-order chi connectivity index (χ0) is 14.0. The van der Waals surface area contributed by atoms with Crippen LogP contribution in [0.2, 0.25) is 0 Å². The molecule has 1 aromatic carbocycles. The van der Waals surface area contributed by atoms with Crippen molar-refractivity contribution in [1.29, 1.82) is 0 Å². The zero-order valence-electron chi connectivity index (χ0n) is 10.6. The van der Waals surface area contributed by atoms with Gasteiger partial charge in [0.1, 0.15) is 5.82 Å². The number of carbonyl (C=O) groups excluding carboxylic acids is 1. The zero-order valence-corrected chi connectivity index (χ0v) is 10.6. The molecular formula is C14H16FNO3. The molecule has 102 valence electrons. The van der Waals surface area contributed by atoms with Crippen molar-refractivity contribution in [2.24, 2.45) is 5.92 Å². The Morgan fingerprint density at radius 2 is 2.11 bits per heavy atom. The first-order chi connectivity index (χ1) is 8.97. The molecule has 0 saturated heterocycles. The summed E-state index contributed by atoms with van der Waals surface area (Å²) in [6.45, 7) is 1.74. The quantitative estimate of drug-likeness (QED) is 0.879. The summed E-state index contributed by atoms with van der Waals surface area (Å²) in [4.78, 5) is 22.9. The van der Waals surface area contributed by atoms with E-state index in [1.54, 1.807) is 13.0 Å². The first kappa shape index (κ1) is 13.5. The molecule has 0 spiro atoms. The van der Waals surface area contributed by atoms with E-state index in [2.05, 4.69) is 5.32 Å². The maximum atomic E-state index is 13.1. The van der Waals surface area contributed by atoms with E-state index in [0.29, 0.717) is 30.4 Å². The molecule has 1 aliphatic carbocycles.